The van der Waals surface area contributed by atoms with Gasteiger partial charge in [-0.3, -0.25) is 24.3 Å². The third kappa shape index (κ3) is 4.85. The van der Waals surface area contributed by atoms with Gasteiger partial charge in [0.05, 0.1) is 0 Å². The standard InChI is InChI=1S/C6H4.2Au/c1-2-4-6-5-3-1;;/h1-2,5-6H;;/q-2;2*+1. The molecule has 0 aliphatic heterocycles. The van der Waals surface area contributed by atoms with Crippen molar-refractivity contribution in [1.82, 2.24) is 0 Å². The summed E-state index contributed by atoms with van der Waals surface area (Å²) in [5, 5.41) is 0. The van der Waals surface area contributed by atoms with Gasteiger partial charge in [-0.1, -0.05) is 0 Å². The van der Waals surface area contributed by atoms with Crippen LogP contribution in [0.25, 0.3) is 0 Å². The molecule has 0 heterocycles. The fourth-order valence-corrected chi connectivity index (χ4v) is 0.304. The van der Waals surface area contributed by atoms with Crippen LogP contribution in [0.2, 0.25) is 0 Å². The van der Waals surface area contributed by atoms with Gasteiger partial charge in [0.1, 0.15) is 0 Å². The zero-order chi connectivity index (χ0) is 4.24. The van der Waals surface area contributed by atoms with Gasteiger partial charge in [-0.2, -0.15) is 0 Å². The molecule has 0 unspecified atom stereocenters. The van der Waals surface area contributed by atoms with E-state index in [4.69, 9.17) is 0 Å². The van der Waals surface area contributed by atoms with Crippen LogP contribution in [0.1, 0.15) is 0 Å². The molecule has 0 aromatic heterocycles. The fraction of sp³-hybridized carbons (Fsp3) is 0. The quantitative estimate of drug-likeness (QED) is 0.397. The van der Waals surface area contributed by atoms with Crippen molar-refractivity contribution < 1.29 is 44.8 Å². The monoisotopic (exact) mass is 470 g/mol. The first kappa shape index (κ1) is 11.5. The SMILES string of the molecule is [Au+].[Au+].[c-]1cc[c-]cc1. The van der Waals surface area contributed by atoms with Crippen molar-refractivity contribution in [1.29, 1.82) is 0 Å². The molecule has 0 N–H and O–H groups in total. The summed E-state index contributed by atoms with van der Waals surface area (Å²) in [6.07, 6.45) is 0. The number of hydrogen-bond donors (Lipinski definition) is 0. The Labute approximate surface area is 80.7 Å². The topological polar surface area (TPSA) is 0 Å². The first-order valence-corrected chi connectivity index (χ1v) is 1.82. The zero-order valence-corrected chi connectivity index (χ0v) is 8.25. The molecule has 0 bridgehead atoms. The molecule has 50 valence electrons. The predicted molar refractivity (Wildman–Crippen MR) is 24.1 cm³/mol. The van der Waals surface area contributed by atoms with Crippen LogP contribution in [0.3, 0.4) is 0 Å². The summed E-state index contributed by atoms with van der Waals surface area (Å²) in [6, 6.07) is 13.0. The van der Waals surface area contributed by atoms with Gasteiger partial charge in [0.2, 0.25) is 0 Å². The van der Waals surface area contributed by atoms with E-state index in [0.717, 1.165) is 0 Å². The molecule has 0 saturated heterocycles. The Morgan fingerprint density at radius 3 is 1.00 bits per heavy atom. The van der Waals surface area contributed by atoms with E-state index in [1.54, 1.807) is 0 Å². The van der Waals surface area contributed by atoms with Crippen LogP contribution < -0.4 is 0 Å². The number of benzene rings is 1. The van der Waals surface area contributed by atoms with Crippen molar-refractivity contribution in [3.05, 3.63) is 36.4 Å². The van der Waals surface area contributed by atoms with Gasteiger partial charge in [0.25, 0.3) is 0 Å². The summed E-state index contributed by atoms with van der Waals surface area (Å²) in [7, 11) is 0. The second-order valence-electron chi connectivity index (χ2n) is 1.00. The first-order chi connectivity index (χ1) is 3.00. The van der Waals surface area contributed by atoms with Crippen LogP contribution in [0, 0.1) is 12.1 Å². The molecule has 1 aromatic carbocycles. The van der Waals surface area contributed by atoms with Crippen molar-refractivity contribution in [2.45, 2.75) is 0 Å². The number of hydrogen-bond acceptors (Lipinski definition) is 0. The molecule has 0 aliphatic carbocycles. The van der Waals surface area contributed by atoms with Gasteiger partial charge < -0.3 is 12.1 Å². The summed E-state index contributed by atoms with van der Waals surface area (Å²) < 4.78 is 0. The molecule has 0 fully saturated rings. The second kappa shape index (κ2) is 7.70. The molecule has 0 spiro atoms. The van der Waals surface area contributed by atoms with Crippen molar-refractivity contribution >= 4 is 0 Å². The summed E-state index contributed by atoms with van der Waals surface area (Å²) in [4.78, 5) is 0. The maximum absolute atomic E-state index is 2.86. The zero-order valence-electron chi connectivity index (χ0n) is 3.91. The Kier molecular flexibility index (Phi) is 11.1. The Balaban J connectivity index is 0. The van der Waals surface area contributed by atoms with Gasteiger partial charge in [-0.25, -0.2) is 0 Å². The molecule has 1 rings (SSSR count). The molecule has 2 heteroatoms. The van der Waals surface area contributed by atoms with Crippen molar-refractivity contribution in [2.75, 3.05) is 0 Å². The van der Waals surface area contributed by atoms with E-state index in [1.807, 2.05) is 24.3 Å². The molecule has 0 amide bonds. The molecule has 0 aliphatic rings. The summed E-state index contributed by atoms with van der Waals surface area (Å²) in [5.41, 5.74) is 0. The number of rotatable bonds is 0. The normalized spacial score (nSPS) is 6.00. The summed E-state index contributed by atoms with van der Waals surface area (Å²) in [6.45, 7) is 0. The minimum Gasteiger partial charge on any atom is -0.319 e. The molecule has 0 nitrogen and oxygen atoms in total. The van der Waals surface area contributed by atoms with E-state index in [0.29, 0.717) is 0 Å². The minimum atomic E-state index is 0. The van der Waals surface area contributed by atoms with Crippen LogP contribution in [0.15, 0.2) is 24.3 Å². The van der Waals surface area contributed by atoms with Crippen LogP contribution in [0.5, 0.6) is 0 Å². The average molecular weight is 470 g/mol. The van der Waals surface area contributed by atoms with E-state index in [9.17, 15) is 0 Å². The Morgan fingerprint density at radius 1 is 0.625 bits per heavy atom. The smallest absolute Gasteiger partial charge is 0.319 e. The van der Waals surface area contributed by atoms with Gasteiger partial charge in [0.15, 0.2) is 0 Å². The third-order valence-electron chi connectivity index (χ3n) is 0.552. The summed E-state index contributed by atoms with van der Waals surface area (Å²) >= 11 is 0. The van der Waals surface area contributed by atoms with E-state index < -0.39 is 0 Å². The molecule has 0 atom stereocenters. The largest absolute Gasteiger partial charge is 1.00 e. The van der Waals surface area contributed by atoms with E-state index in [2.05, 4.69) is 12.1 Å². The van der Waals surface area contributed by atoms with E-state index >= 15 is 0 Å². The van der Waals surface area contributed by atoms with E-state index in [1.165, 1.54) is 0 Å². The predicted octanol–water partition coefficient (Wildman–Crippen LogP) is 1.28. The Hall–Kier alpha value is 0.701. The molecular formula is C6H4Au2. The van der Waals surface area contributed by atoms with Crippen molar-refractivity contribution in [3.8, 4) is 0 Å². The minimum absolute atomic E-state index is 0. The van der Waals surface area contributed by atoms with Crippen LogP contribution in [-0.2, 0) is 44.8 Å². The van der Waals surface area contributed by atoms with Crippen molar-refractivity contribution in [3.63, 3.8) is 0 Å². The van der Waals surface area contributed by atoms with Gasteiger partial charge >= 0.3 is 44.8 Å². The summed E-state index contributed by atoms with van der Waals surface area (Å²) in [5.74, 6) is 0. The molecular weight excluding hydrogens is 466 g/mol. The molecule has 0 radical (unpaired) electrons. The molecule has 8 heavy (non-hydrogen) atoms. The van der Waals surface area contributed by atoms with Crippen LogP contribution in [0.4, 0.5) is 0 Å². The third-order valence-corrected chi connectivity index (χ3v) is 0.552. The van der Waals surface area contributed by atoms with Gasteiger partial charge in [-0.05, 0) is 0 Å². The molecule has 0 saturated carbocycles. The van der Waals surface area contributed by atoms with Crippen LogP contribution in [-0.4, -0.2) is 0 Å². The Bertz CT molecular complexity index is 78.5. The molecule has 1 aromatic rings. The Morgan fingerprint density at radius 2 is 0.875 bits per heavy atom. The fourth-order valence-electron chi connectivity index (χ4n) is 0.304. The van der Waals surface area contributed by atoms with Crippen LogP contribution >= 0.6 is 0 Å². The van der Waals surface area contributed by atoms with Gasteiger partial charge in [0, 0.05) is 0 Å². The maximum atomic E-state index is 2.86. The average Bonchev–Trinajstić information content (AvgIpc) is 1.72. The van der Waals surface area contributed by atoms with Gasteiger partial charge in [-0.15, -0.1) is 0 Å². The first-order valence-electron chi connectivity index (χ1n) is 1.82. The van der Waals surface area contributed by atoms with Crippen molar-refractivity contribution in [2.24, 2.45) is 0 Å². The maximum Gasteiger partial charge on any atom is 1.00 e. The van der Waals surface area contributed by atoms with E-state index in [-0.39, 0.29) is 44.8 Å². The second-order valence-corrected chi connectivity index (χ2v) is 1.00.